The third-order valence-corrected chi connectivity index (χ3v) is 5.40. The van der Waals surface area contributed by atoms with Gasteiger partial charge in [0, 0.05) is 6.04 Å². The Bertz CT molecular complexity index is 683. The van der Waals surface area contributed by atoms with Crippen molar-refractivity contribution < 1.29 is 25.8 Å². The van der Waals surface area contributed by atoms with Crippen LogP contribution in [0.5, 0.6) is 5.75 Å². The van der Waals surface area contributed by atoms with Crippen molar-refractivity contribution in [1.82, 2.24) is 4.90 Å². The Morgan fingerprint density at radius 3 is 2.40 bits per heavy atom. The quantitative estimate of drug-likeness (QED) is 0.533. The molecule has 1 aliphatic carbocycles. The standard InChI is InChI=1S/C17H24F3NO3S/c1-3-10-21(11-4-2)14-8-9-15-13(12-14)6-5-7-16(15)24-25(22,23)17(18,19)20/h5-7,14H,3-4,8-12H2,1-2H3/t14-/m0/s1. The zero-order chi connectivity index (χ0) is 18.7. The minimum absolute atomic E-state index is 0.203. The molecule has 0 radical (unpaired) electrons. The molecule has 1 atom stereocenters. The topological polar surface area (TPSA) is 46.6 Å². The van der Waals surface area contributed by atoms with Gasteiger partial charge in [-0.2, -0.15) is 21.6 Å². The van der Waals surface area contributed by atoms with Crippen LogP contribution >= 0.6 is 0 Å². The Kier molecular flexibility index (Phi) is 6.37. The second-order valence-corrected chi connectivity index (χ2v) is 7.85. The van der Waals surface area contributed by atoms with Crippen molar-refractivity contribution in [2.45, 2.75) is 57.5 Å². The van der Waals surface area contributed by atoms with Crippen LogP contribution in [0.3, 0.4) is 0 Å². The van der Waals surface area contributed by atoms with Gasteiger partial charge >= 0.3 is 15.6 Å². The van der Waals surface area contributed by atoms with Crippen molar-refractivity contribution in [3.63, 3.8) is 0 Å². The van der Waals surface area contributed by atoms with E-state index < -0.39 is 15.6 Å². The summed E-state index contributed by atoms with van der Waals surface area (Å²) in [5.74, 6) is -0.203. The van der Waals surface area contributed by atoms with Crippen LogP contribution in [0.15, 0.2) is 18.2 Å². The summed E-state index contributed by atoms with van der Waals surface area (Å²) < 4.78 is 64.7. The lowest BCUT2D eigenvalue weighted by Gasteiger charge is -2.35. The normalized spacial score (nSPS) is 18.2. The first-order valence-electron chi connectivity index (χ1n) is 8.55. The third kappa shape index (κ3) is 4.67. The van der Waals surface area contributed by atoms with E-state index in [9.17, 15) is 21.6 Å². The molecule has 0 amide bonds. The number of alkyl halides is 3. The van der Waals surface area contributed by atoms with Crippen molar-refractivity contribution in [2.75, 3.05) is 13.1 Å². The number of benzene rings is 1. The first kappa shape index (κ1) is 20.0. The maximum atomic E-state index is 12.6. The van der Waals surface area contributed by atoms with E-state index >= 15 is 0 Å². The highest BCUT2D eigenvalue weighted by Gasteiger charge is 2.49. The summed E-state index contributed by atoms with van der Waals surface area (Å²) in [6.45, 7) is 6.19. The van der Waals surface area contributed by atoms with Crippen LogP contribution < -0.4 is 4.18 Å². The molecule has 1 aliphatic rings. The molecule has 0 heterocycles. The molecule has 0 fully saturated rings. The minimum atomic E-state index is -5.64. The number of hydrogen-bond acceptors (Lipinski definition) is 4. The summed E-state index contributed by atoms with van der Waals surface area (Å²) in [4.78, 5) is 2.41. The number of nitrogens with zero attached hydrogens (tertiary/aromatic N) is 1. The molecule has 0 bridgehead atoms. The first-order valence-corrected chi connectivity index (χ1v) is 9.96. The SMILES string of the molecule is CCCN(CCC)[C@H]1CCc2c(cccc2OS(=O)(=O)C(F)(F)F)C1. The van der Waals surface area contributed by atoms with Crippen molar-refractivity contribution in [3.8, 4) is 5.75 Å². The Morgan fingerprint density at radius 2 is 1.84 bits per heavy atom. The number of fused-ring (bicyclic) bond motifs is 1. The molecule has 1 aromatic rings. The number of hydrogen-bond donors (Lipinski definition) is 0. The molecule has 0 saturated carbocycles. The molecular weight excluding hydrogens is 355 g/mol. The molecule has 25 heavy (non-hydrogen) atoms. The van der Waals surface area contributed by atoms with Crippen LogP contribution in [0.4, 0.5) is 13.2 Å². The lowest BCUT2D eigenvalue weighted by atomic mass is 9.86. The summed E-state index contributed by atoms with van der Waals surface area (Å²) in [6.07, 6.45) is 4.05. The lowest BCUT2D eigenvalue weighted by molar-refractivity contribution is -0.0500. The number of halogens is 3. The second-order valence-electron chi connectivity index (χ2n) is 6.31. The van der Waals surface area contributed by atoms with E-state index in [1.165, 1.54) is 6.07 Å². The molecule has 0 saturated heterocycles. The summed E-state index contributed by atoms with van der Waals surface area (Å²) >= 11 is 0. The molecule has 1 aromatic carbocycles. The molecule has 0 N–H and O–H groups in total. The van der Waals surface area contributed by atoms with Crippen molar-refractivity contribution in [2.24, 2.45) is 0 Å². The fraction of sp³-hybridized carbons (Fsp3) is 0.647. The molecule has 4 nitrogen and oxygen atoms in total. The fourth-order valence-electron chi connectivity index (χ4n) is 3.36. The van der Waals surface area contributed by atoms with Gasteiger partial charge in [-0.25, -0.2) is 0 Å². The molecule has 2 rings (SSSR count). The number of rotatable bonds is 7. The molecule has 0 aliphatic heterocycles. The van der Waals surface area contributed by atoms with Gasteiger partial charge in [0.15, 0.2) is 0 Å². The second kappa shape index (κ2) is 7.95. The Labute approximate surface area is 147 Å². The van der Waals surface area contributed by atoms with Gasteiger partial charge in [0.25, 0.3) is 0 Å². The van der Waals surface area contributed by atoms with E-state index in [1.54, 1.807) is 6.07 Å². The first-order chi connectivity index (χ1) is 11.7. The van der Waals surface area contributed by atoms with Crippen LogP contribution in [-0.2, 0) is 23.0 Å². The largest absolute Gasteiger partial charge is 0.534 e. The zero-order valence-corrected chi connectivity index (χ0v) is 15.3. The van der Waals surface area contributed by atoms with Gasteiger partial charge in [-0.05, 0) is 62.4 Å². The van der Waals surface area contributed by atoms with Crippen molar-refractivity contribution in [1.29, 1.82) is 0 Å². The zero-order valence-electron chi connectivity index (χ0n) is 14.5. The Hall–Kier alpha value is -1.28. The van der Waals surface area contributed by atoms with E-state index in [-0.39, 0.29) is 5.75 Å². The molecular formula is C17H24F3NO3S. The smallest absolute Gasteiger partial charge is 0.376 e. The van der Waals surface area contributed by atoms with Gasteiger partial charge in [0.2, 0.25) is 0 Å². The summed E-state index contributed by atoms with van der Waals surface area (Å²) in [6, 6.07) is 5.00. The average molecular weight is 379 g/mol. The van der Waals surface area contributed by atoms with E-state index in [0.29, 0.717) is 24.4 Å². The summed E-state index contributed by atoms with van der Waals surface area (Å²) in [5, 5.41) is 0. The van der Waals surface area contributed by atoms with Gasteiger partial charge in [0.05, 0.1) is 0 Å². The van der Waals surface area contributed by atoms with Gasteiger partial charge in [-0.3, -0.25) is 0 Å². The highest BCUT2D eigenvalue weighted by Crippen LogP contribution is 2.34. The van der Waals surface area contributed by atoms with Crippen LogP contribution in [0.25, 0.3) is 0 Å². The van der Waals surface area contributed by atoms with E-state index in [2.05, 4.69) is 22.9 Å². The van der Waals surface area contributed by atoms with Crippen LogP contribution in [0, 0.1) is 0 Å². The van der Waals surface area contributed by atoms with Gasteiger partial charge in [-0.15, -0.1) is 0 Å². The van der Waals surface area contributed by atoms with E-state index in [1.807, 2.05) is 6.07 Å². The van der Waals surface area contributed by atoms with Crippen molar-refractivity contribution >= 4 is 10.1 Å². The molecule has 8 heteroatoms. The average Bonchev–Trinajstić information content (AvgIpc) is 2.53. The Morgan fingerprint density at radius 1 is 1.20 bits per heavy atom. The van der Waals surface area contributed by atoms with E-state index in [0.717, 1.165) is 37.9 Å². The highest BCUT2D eigenvalue weighted by molar-refractivity contribution is 7.88. The Balaban J connectivity index is 2.23. The fourth-order valence-corrected chi connectivity index (χ4v) is 3.85. The van der Waals surface area contributed by atoms with Crippen LogP contribution in [0.1, 0.15) is 44.2 Å². The summed E-state index contributed by atoms with van der Waals surface area (Å²) in [5.41, 5.74) is -3.99. The van der Waals surface area contributed by atoms with Gasteiger partial charge in [-0.1, -0.05) is 26.0 Å². The maximum absolute atomic E-state index is 12.6. The highest BCUT2D eigenvalue weighted by atomic mass is 32.2. The predicted molar refractivity (Wildman–Crippen MR) is 90.0 cm³/mol. The molecule has 0 unspecified atom stereocenters. The third-order valence-electron chi connectivity index (χ3n) is 4.43. The van der Waals surface area contributed by atoms with E-state index in [4.69, 9.17) is 0 Å². The predicted octanol–water partition coefficient (Wildman–Crippen LogP) is 3.89. The molecule has 0 spiro atoms. The van der Waals surface area contributed by atoms with Gasteiger partial charge in [0.1, 0.15) is 5.75 Å². The van der Waals surface area contributed by atoms with Crippen LogP contribution in [0.2, 0.25) is 0 Å². The molecule has 0 aromatic heterocycles. The monoisotopic (exact) mass is 379 g/mol. The summed E-state index contributed by atoms with van der Waals surface area (Å²) in [7, 11) is -5.64. The lowest BCUT2D eigenvalue weighted by Crippen LogP contribution is -2.40. The minimum Gasteiger partial charge on any atom is -0.376 e. The van der Waals surface area contributed by atoms with Gasteiger partial charge < -0.3 is 9.08 Å². The van der Waals surface area contributed by atoms with Crippen LogP contribution in [-0.4, -0.2) is 38.0 Å². The van der Waals surface area contributed by atoms with Crippen molar-refractivity contribution in [3.05, 3.63) is 29.3 Å². The maximum Gasteiger partial charge on any atom is 0.534 e. The molecule has 142 valence electrons.